The zero-order chi connectivity index (χ0) is 11.3. The van der Waals surface area contributed by atoms with E-state index in [1.54, 1.807) is 0 Å². The van der Waals surface area contributed by atoms with Gasteiger partial charge in [0.05, 0.1) is 18.0 Å². The molecule has 0 aliphatic carbocycles. The van der Waals surface area contributed by atoms with E-state index in [0.717, 1.165) is 6.07 Å². The monoisotopic (exact) mass is 270 g/mol. The van der Waals surface area contributed by atoms with Crippen LogP contribution in [0.25, 0.3) is 0 Å². The molecule has 0 N–H and O–H groups in total. The zero-order valence-corrected chi connectivity index (χ0v) is 9.60. The van der Waals surface area contributed by atoms with Gasteiger partial charge in [0.1, 0.15) is 5.82 Å². The number of rotatable bonds is 1. The summed E-state index contributed by atoms with van der Waals surface area (Å²) in [4.78, 5) is 11.1. The highest BCUT2D eigenvalue weighted by Crippen LogP contribution is 2.09. The molecule has 1 rings (SSSR count). The molecule has 78 valence electrons. The quantitative estimate of drug-likeness (QED) is 0.445. The number of carbonyl (C=O) groups is 1. The summed E-state index contributed by atoms with van der Waals surface area (Å²) in [5.41, 5.74) is 0.617. The van der Waals surface area contributed by atoms with E-state index in [9.17, 15) is 9.18 Å². The molecule has 0 saturated carbocycles. The second-order valence-corrected chi connectivity index (χ2v) is 3.22. The average Bonchev–Trinajstić information content (AvgIpc) is 2.24. The Morgan fingerprint density at radius 2 is 2.27 bits per heavy atom. The summed E-state index contributed by atoms with van der Waals surface area (Å²) < 4.78 is 17.6. The molecule has 1 aromatic rings. The van der Waals surface area contributed by atoms with Gasteiger partial charge in [-0.3, -0.25) is 0 Å². The summed E-state index contributed by atoms with van der Waals surface area (Å²) in [5, 5.41) is 0.497. The van der Waals surface area contributed by atoms with Crippen molar-refractivity contribution in [2.45, 2.75) is 0 Å². The van der Waals surface area contributed by atoms with Crippen LogP contribution in [0, 0.1) is 17.7 Å². The van der Waals surface area contributed by atoms with Gasteiger partial charge in [0.15, 0.2) is 0 Å². The minimum atomic E-state index is -0.573. The fraction of sp³-hybridized carbons (Fsp3) is 0.182. The molecule has 4 heteroatoms. The number of benzene rings is 1. The number of hydrogen-bond donors (Lipinski definition) is 0. The summed E-state index contributed by atoms with van der Waals surface area (Å²) in [5.74, 6) is 4.36. The molecule has 0 bridgehead atoms. The van der Waals surface area contributed by atoms with Gasteiger partial charge < -0.3 is 4.74 Å². The van der Waals surface area contributed by atoms with Gasteiger partial charge in [-0.25, -0.2) is 9.18 Å². The maximum absolute atomic E-state index is 13.1. The van der Waals surface area contributed by atoms with Gasteiger partial charge in [-0.1, -0.05) is 27.8 Å². The molecule has 0 unspecified atom stereocenters. The van der Waals surface area contributed by atoms with Crippen molar-refractivity contribution in [2.24, 2.45) is 0 Å². The van der Waals surface area contributed by atoms with E-state index < -0.39 is 11.8 Å². The number of carbonyl (C=O) groups excluding carboxylic acids is 1. The first kappa shape index (κ1) is 11.7. The lowest BCUT2D eigenvalue weighted by Gasteiger charge is -2.00. The van der Waals surface area contributed by atoms with Crippen LogP contribution in [0.15, 0.2) is 18.2 Å². The molecule has 0 aliphatic heterocycles. The second-order valence-electron chi connectivity index (χ2n) is 2.66. The van der Waals surface area contributed by atoms with Crippen molar-refractivity contribution in [2.75, 3.05) is 12.4 Å². The molecule has 0 saturated heterocycles. The van der Waals surface area contributed by atoms with Crippen LogP contribution in [-0.2, 0) is 4.74 Å². The molecule has 1 aromatic carbocycles. The Balaban J connectivity index is 3.10. The van der Waals surface area contributed by atoms with Crippen molar-refractivity contribution >= 4 is 21.9 Å². The Bertz CT molecular complexity index is 432. The van der Waals surface area contributed by atoms with E-state index in [1.807, 2.05) is 0 Å². The third-order valence-corrected chi connectivity index (χ3v) is 1.90. The van der Waals surface area contributed by atoms with Crippen LogP contribution < -0.4 is 0 Å². The first-order valence-electron chi connectivity index (χ1n) is 4.11. The van der Waals surface area contributed by atoms with Crippen LogP contribution >= 0.6 is 15.9 Å². The minimum Gasteiger partial charge on any atom is -0.465 e. The highest BCUT2D eigenvalue weighted by molar-refractivity contribution is 9.09. The Labute approximate surface area is 95.6 Å². The summed E-state index contributed by atoms with van der Waals surface area (Å²) in [6.45, 7) is 0. The number of ether oxygens (including phenoxy) is 1. The van der Waals surface area contributed by atoms with Crippen LogP contribution in [-0.4, -0.2) is 18.4 Å². The van der Waals surface area contributed by atoms with Crippen molar-refractivity contribution in [3.8, 4) is 11.8 Å². The number of alkyl halides is 1. The normalized spacial score (nSPS) is 9.00. The predicted octanol–water partition coefficient (Wildman–Crippen LogP) is 2.36. The van der Waals surface area contributed by atoms with E-state index in [0.29, 0.717) is 10.9 Å². The zero-order valence-electron chi connectivity index (χ0n) is 8.01. The molecule has 0 spiro atoms. The number of hydrogen-bond acceptors (Lipinski definition) is 2. The Kier molecular flexibility index (Phi) is 4.32. The Hall–Kier alpha value is -1.34. The fourth-order valence-electron chi connectivity index (χ4n) is 1.03. The van der Waals surface area contributed by atoms with Gasteiger partial charge in [0, 0.05) is 5.56 Å². The largest absolute Gasteiger partial charge is 0.465 e. The fourth-order valence-corrected chi connectivity index (χ4v) is 1.17. The lowest BCUT2D eigenvalue weighted by molar-refractivity contribution is 0.0600. The van der Waals surface area contributed by atoms with Crippen molar-refractivity contribution in [3.63, 3.8) is 0 Å². The Morgan fingerprint density at radius 3 is 2.87 bits per heavy atom. The van der Waals surface area contributed by atoms with E-state index >= 15 is 0 Å². The molecule has 0 aliphatic rings. The Morgan fingerprint density at radius 1 is 1.53 bits per heavy atom. The van der Waals surface area contributed by atoms with Gasteiger partial charge in [0.25, 0.3) is 0 Å². The lowest BCUT2D eigenvalue weighted by Crippen LogP contribution is -2.02. The highest BCUT2D eigenvalue weighted by Gasteiger charge is 2.07. The number of halogens is 2. The van der Waals surface area contributed by atoms with Crippen molar-refractivity contribution in [1.29, 1.82) is 0 Å². The van der Waals surface area contributed by atoms with Crippen LogP contribution in [0.1, 0.15) is 15.9 Å². The minimum absolute atomic E-state index is 0.163. The smallest absolute Gasteiger partial charge is 0.337 e. The van der Waals surface area contributed by atoms with E-state index in [2.05, 4.69) is 32.5 Å². The van der Waals surface area contributed by atoms with Crippen molar-refractivity contribution in [3.05, 3.63) is 35.1 Å². The standard InChI is InChI=1S/C11H8BrFO2/c1-15-11(14)9-5-8(3-2-4-12)6-10(13)7-9/h5-7H,4H2,1H3. The highest BCUT2D eigenvalue weighted by atomic mass is 79.9. The van der Waals surface area contributed by atoms with Gasteiger partial charge in [-0.15, -0.1) is 0 Å². The topological polar surface area (TPSA) is 26.3 Å². The van der Waals surface area contributed by atoms with E-state index in [-0.39, 0.29) is 5.56 Å². The summed E-state index contributed by atoms with van der Waals surface area (Å²) in [6, 6.07) is 3.87. The first-order chi connectivity index (χ1) is 7.17. The molecular formula is C11H8BrFO2. The van der Waals surface area contributed by atoms with Crippen LogP contribution in [0.5, 0.6) is 0 Å². The lowest BCUT2D eigenvalue weighted by atomic mass is 10.1. The molecule has 0 amide bonds. The summed E-state index contributed by atoms with van der Waals surface area (Å²) >= 11 is 3.13. The molecule has 0 radical (unpaired) electrons. The summed E-state index contributed by atoms with van der Waals surface area (Å²) in [7, 11) is 1.25. The molecule has 0 heterocycles. The average molecular weight is 271 g/mol. The van der Waals surface area contributed by atoms with Gasteiger partial charge in [-0.2, -0.15) is 0 Å². The van der Waals surface area contributed by atoms with Crippen LogP contribution in [0.4, 0.5) is 4.39 Å². The second kappa shape index (κ2) is 5.52. The molecule has 2 nitrogen and oxygen atoms in total. The summed E-state index contributed by atoms with van der Waals surface area (Å²) in [6.07, 6.45) is 0. The van der Waals surface area contributed by atoms with Crippen molar-refractivity contribution in [1.82, 2.24) is 0 Å². The maximum atomic E-state index is 13.1. The predicted molar refractivity (Wildman–Crippen MR) is 58.4 cm³/mol. The van der Waals surface area contributed by atoms with E-state index in [1.165, 1.54) is 19.2 Å². The van der Waals surface area contributed by atoms with Crippen molar-refractivity contribution < 1.29 is 13.9 Å². The molecular weight excluding hydrogens is 263 g/mol. The SMILES string of the molecule is COC(=O)c1cc(F)cc(C#CCBr)c1. The van der Waals surface area contributed by atoms with Gasteiger partial charge in [-0.05, 0) is 18.2 Å². The molecule has 0 fully saturated rings. The molecule has 0 aromatic heterocycles. The van der Waals surface area contributed by atoms with Crippen LogP contribution in [0.2, 0.25) is 0 Å². The third-order valence-electron chi connectivity index (χ3n) is 1.62. The number of methoxy groups -OCH3 is 1. The van der Waals surface area contributed by atoms with E-state index in [4.69, 9.17) is 0 Å². The molecule has 0 atom stereocenters. The third kappa shape index (κ3) is 3.37. The first-order valence-corrected chi connectivity index (χ1v) is 5.23. The van der Waals surface area contributed by atoms with Gasteiger partial charge in [0.2, 0.25) is 0 Å². The molecule has 15 heavy (non-hydrogen) atoms. The van der Waals surface area contributed by atoms with Gasteiger partial charge >= 0.3 is 5.97 Å². The maximum Gasteiger partial charge on any atom is 0.337 e. The number of esters is 1. The van der Waals surface area contributed by atoms with Crippen LogP contribution in [0.3, 0.4) is 0 Å².